The number of nitrogen functional groups attached to an aromatic ring is 1. The Labute approximate surface area is 147 Å². The first-order chi connectivity index (χ1) is 11.0. The van der Waals surface area contributed by atoms with Crippen molar-refractivity contribution in [1.82, 2.24) is 0 Å². The van der Waals surface area contributed by atoms with Gasteiger partial charge in [0.05, 0.1) is 16.0 Å². The fraction of sp³-hybridized carbons (Fsp3) is 0.125. The molecule has 4 nitrogen and oxygen atoms in total. The molecule has 2 N–H and O–H groups in total. The highest BCUT2D eigenvalue weighted by atomic mass is 35.5. The van der Waals surface area contributed by atoms with Crippen molar-refractivity contribution in [3.8, 4) is 0 Å². The molecule has 0 aliphatic carbocycles. The Kier molecular flexibility index (Phi) is 4.53. The van der Waals surface area contributed by atoms with Crippen molar-refractivity contribution >= 4 is 58.2 Å². The molecule has 1 atom stereocenters. The summed E-state index contributed by atoms with van der Waals surface area (Å²) in [4.78, 5) is 26.9. The van der Waals surface area contributed by atoms with Crippen LogP contribution in [0.3, 0.4) is 0 Å². The minimum Gasteiger partial charge on any atom is -0.399 e. The van der Waals surface area contributed by atoms with Crippen molar-refractivity contribution < 1.29 is 9.59 Å². The van der Waals surface area contributed by atoms with Crippen LogP contribution in [0.2, 0.25) is 10.0 Å². The highest BCUT2D eigenvalue weighted by Gasteiger charge is 2.41. The number of amides is 2. The number of anilines is 2. The third-order valence-electron chi connectivity index (χ3n) is 3.39. The van der Waals surface area contributed by atoms with Gasteiger partial charge < -0.3 is 5.73 Å². The first kappa shape index (κ1) is 16.2. The summed E-state index contributed by atoms with van der Waals surface area (Å²) in [6.07, 6.45) is 0.112. The number of carbonyl (C=O) groups excluding carboxylic acids is 2. The van der Waals surface area contributed by atoms with Crippen molar-refractivity contribution in [2.24, 2.45) is 0 Å². The number of imide groups is 1. The molecular formula is C16H12Cl2N2O2S. The zero-order valence-corrected chi connectivity index (χ0v) is 14.2. The van der Waals surface area contributed by atoms with Gasteiger partial charge in [0.1, 0.15) is 0 Å². The molecule has 118 valence electrons. The van der Waals surface area contributed by atoms with Crippen molar-refractivity contribution in [3.63, 3.8) is 0 Å². The van der Waals surface area contributed by atoms with Gasteiger partial charge in [0.2, 0.25) is 11.8 Å². The van der Waals surface area contributed by atoms with Crippen LogP contribution in [0.1, 0.15) is 6.42 Å². The number of rotatable bonds is 3. The average Bonchev–Trinajstić information content (AvgIpc) is 2.76. The van der Waals surface area contributed by atoms with Crippen molar-refractivity contribution in [3.05, 3.63) is 52.5 Å². The number of benzene rings is 2. The second kappa shape index (κ2) is 6.43. The molecule has 2 amide bonds. The van der Waals surface area contributed by atoms with Crippen LogP contribution < -0.4 is 10.6 Å². The number of nitrogens with two attached hydrogens (primary N) is 1. The van der Waals surface area contributed by atoms with Gasteiger partial charge in [-0.25, -0.2) is 4.90 Å². The predicted molar refractivity (Wildman–Crippen MR) is 94.1 cm³/mol. The van der Waals surface area contributed by atoms with E-state index < -0.39 is 5.25 Å². The van der Waals surface area contributed by atoms with E-state index in [4.69, 9.17) is 28.9 Å². The maximum Gasteiger partial charge on any atom is 0.247 e. The number of hydrogen-bond acceptors (Lipinski definition) is 4. The van der Waals surface area contributed by atoms with E-state index in [1.54, 1.807) is 24.3 Å². The molecule has 1 unspecified atom stereocenters. The third-order valence-corrected chi connectivity index (χ3v) is 5.12. The lowest BCUT2D eigenvalue weighted by molar-refractivity contribution is -0.121. The number of hydrogen-bond donors (Lipinski definition) is 1. The molecule has 0 saturated carbocycles. The first-order valence-electron chi connectivity index (χ1n) is 6.80. The molecule has 1 aliphatic rings. The van der Waals surface area contributed by atoms with Crippen LogP contribution in [-0.4, -0.2) is 17.1 Å². The van der Waals surface area contributed by atoms with Gasteiger partial charge >= 0.3 is 0 Å². The van der Waals surface area contributed by atoms with E-state index in [1.165, 1.54) is 17.8 Å². The number of carbonyl (C=O) groups is 2. The van der Waals surface area contributed by atoms with Crippen LogP contribution in [0.25, 0.3) is 0 Å². The molecule has 3 rings (SSSR count). The molecule has 7 heteroatoms. The smallest absolute Gasteiger partial charge is 0.247 e. The summed E-state index contributed by atoms with van der Waals surface area (Å²) in [5.41, 5.74) is 6.68. The Morgan fingerprint density at radius 3 is 2.65 bits per heavy atom. The van der Waals surface area contributed by atoms with Gasteiger partial charge in [-0.2, -0.15) is 0 Å². The van der Waals surface area contributed by atoms with E-state index in [1.807, 2.05) is 12.1 Å². The van der Waals surface area contributed by atoms with Crippen LogP contribution in [0.5, 0.6) is 0 Å². The lowest BCUT2D eigenvalue weighted by Crippen LogP contribution is -2.31. The van der Waals surface area contributed by atoms with Gasteiger partial charge in [-0.05, 0) is 36.4 Å². The predicted octanol–water partition coefficient (Wildman–Crippen LogP) is 4.00. The zero-order valence-electron chi connectivity index (χ0n) is 11.8. The van der Waals surface area contributed by atoms with E-state index in [2.05, 4.69) is 0 Å². The standard InChI is InChI=1S/C16H12Cl2N2O2S/c17-9-4-5-12(18)13(6-9)20-15(21)8-14(16(20)22)23-11-3-1-2-10(19)7-11/h1-7,14H,8,19H2. The Morgan fingerprint density at radius 1 is 1.13 bits per heavy atom. The van der Waals surface area contributed by atoms with Gasteiger partial charge in [-0.1, -0.05) is 29.3 Å². The lowest BCUT2D eigenvalue weighted by atomic mass is 10.3. The van der Waals surface area contributed by atoms with Gasteiger partial charge in [0, 0.05) is 22.0 Å². The van der Waals surface area contributed by atoms with E-state index in [-0.39, 0.29) is 18.2 Å². The molecule has 2 aromatic carbocycles. The molecule has 1 fully saturated rings. The molecule has 0 spiro atoms. The summed E-state index contributed by atoms with van der Waals surface area (Å²) in [5, 5.41) is 0.224. The quantitative estimate of drug-likeness (QED) is 0.658. The monoisotopic (exact) mass is 366 g/mol. The van der Waals surface area contributed by atoms with Gasteiger partial charge in [0.15, 0.2) is 0 Å². The first-order valence-corrected chi connectivity index (χ1v) is 8.43. The SMILES string of the molecule is Nc1cccc(SC2CC(=O)N(c3cc(Cl)ccc3Cl)C2=O)c1. The van der Waals surface area contributed by atoms with Crippen molar-refractivity contribution in [1.29, 1.82) is 0 Å². The normalized spacial score (nSPS) is 17.8. The molecule has 1 saturated heterocycles. The molecule has 1 aliphatic heterocycles. The van der Waals surface area contributed by atoms with Crippen LogP contribution in [0.15, 0.2) is 47.4 Å². The minimum atomic E-state index is -0.501. The lowest BCUT2D eigenvalue weighted by Gasteiger charge is -2.16. The van der Waals surface area contributed by atoms with Crippen LogP contribution in [0.4, 0.5) is 11.4 Å². The molecule has 23 heavy (non-hydrogen) atoms. The summed E-state index contributed by atoms with van der Waals surface area (Å²) in [7, 11) is 0. The van der Waals surface area contributed by atoms with Crippen molar-refractivity contribution in [2.75, 3.05) is 10.6 Å². The Bertz CT molecular complexity index is 797. The van der Waals surface area contributed by atoms with Crippen LogP contribution >= 0.6 is 35.0 Å². The molecule has 2 aromatic rings. The number of nitrogens with zero attached hydrogens (tertiary/aromatic N) is 1. The van der Waals surface area contributed by atoms with E-state index >= 15 is 0 Å². The summed E-state index contributed by atoms with van der Waals surface area (Å²) in [6.45, 7) is 0. The van der Waals surface area contributed by atoms with Crippen LogP contribution in [0, 0.1) is 0 Å². The molecule has 0 radical (unpaired) electrons. The second-order valence-corrected chi connectivity index (χ2v) is 7.17. The molecular weight excluding hydrogens is 355 g/mol. The Balaban J connectivity index is 1.87. The van der Waals surface area contributed by atoms with Crippen LogP contribution in [-0.2, 0) is 9.59 Å². The summed E-state index contributed by atoms with van der Waals surface area (Å²) in [6, 6.07) is 11.9. The highest BCUT2D eigenvalue weighted by molar-refractivity contribution is 8.00. The number of thioether (sulfide) groups is 1. The van der Waals surface area contributed by atoms with Crippen molar-refractivity contribution in [2.45, 2.75) is 16.6 Å². The minimum absolute atomic E-state index is 0.112. The van der Waals surface area contributed by atoms with E-state index in [0.29, 0.717) is 21.4 Å². The topological polar surface area (TPSA) is 63.4 Å². The summed E-state index contributed by atoms with van der Waals surface area (Å²) in [5.74, 6) is -0.591. The third kappa shape index (κ3) is 3.32. The maximum absolute atomic E-state index is 12.6. The number of halogens is 2. The average molecular weight is 367 g/mol. The fourth-order valence-corrected chi connectivity index (χ4v) is 3.85. The van der Waals surface area contributed by atoms with E-state index in [9.17, 15) is 9.59 Å². The van der Waals surface area contributed by atoms with Gasteiger partial charge in [-0.15, -0.1) is 11.8 Å². The maximum atomic E-state index is 12.6. The summed E-state index contributed by atoms with van der Waals surface area (Å²) >= 11 is 13.4. The van der Waals surface area contributed by atoms with Gasteiger partial charge in [-0.3, -0.25) is 9.59 Å². The molecule has 0 bridgehead atoms. The largest absolute Gasteiger partial charge is 0.399 e. The summed E-state index contributed by atoms with van der Waals surface area (Å²) < 4.78 is 0. The van der Waals surface area contributed by atoms with E-state index in [0.717, 1.165) is 9.80 Å². The molecule has 0 aromatic heterocycles. The zero-order chi connectivity index (χ0) is 16.6. The highest BCUT2D eigenvalue weighted by Crippen LogP contribution is 2.37. The molecule has 1 heterocycles. The Hall–Kier alpha value is -1.69. The second-order valence-electron chi connectivity index (χ2n) is 5.05. The Morgan fingerprint density at radius 2 is 1.91 bits per heavy atom. The van der Waals surface area contributed by atoms with Gasteiger partial charge in [0.25, 0.3) is 0 Å². The fourth-order valence-electron chi connectivity index (χ4n) is 2.36.